The molecule has 140 valence electrons. The lowest BCUT2D eigenvalue weighted by Gasteiger charge is -2.09. The molecule has 3 aromatic rings. The smallest absolute Gasteiger partial charge is 0.294 e. The van der Waals surface area contributed by atoms with E-state index in [1.165, 1.54) is 23.0 Å². The number of carbonyl (C=O) groups excluding carboxylic acids is 1. The molecule has 0 aliphatic heterocycles. The van der Waals surface area contributed by atoms with Gasteiger partial charge < -0.3 is 15.7 Å². The molecule has 1 amide bonds. The van der Waals surface area contributed by atoms with Gasteiger partial charge in [0, 0.05) is 0 Å². The zero-order valence-electron chi connectivity index (χ0n) is 14.6. The molecule has 2 aromatic heterocycles. The molecule has 0 radical (unpaired) electrons. The number of nitrogens with two attached hydrogens (primary N) is 1. The van der Waals surface area contributed by atoms with Crippen LogP contribution in [0.3, 0.4) is 0 Å². The largest absolute Gasteiger partial charge is 0.872 e. The maximum Gasteiger partial charge on any atom is 0.294 e. The zero-order valence-corrected chi connectivity index (χ0v) is 14.6. The monoisotopic (exact) mass is 371 g/mol. The number of rotatable bonds is 6. The molecular weight excluding hydrogens is 354 g/mol. The third-order valence-corrected chi connectivity index (χ3v) is 3.43. The molecule has 27 heavy (non-hydrogen) atoms. The number of quaternary nitrogens is 1. The fourth-order valence-corrected chi connectivity index (χ4v) is 2.29. The minimum absolute atomic E-state index is 0.0254. The van der Waals surface area contributed by atoms with Gasteiger partial charge in [-0.15, -0.1) is 10.8 Å². The number of hydrogen-bond donors (Lipinski definition) is 3. The summed E-state index contributed by atoms with van der Waals surface area (Å²) < 4.78 is 5.89. The van der Waals surface area contributed by atoms with Gasteiger partial charge in [-0.25, -0.2) is 10.1 Å². The van der Waals surface area contributed by atoms with E-state index in [2.05, 4.69) is 35.8 Å². The summed E-state index contributed by atoms with van der Waals surface area (Å²) in [5.74, 6) is -0.545. The Bertz CT molecular complexity index is 977. The van der Waals surface area contributed by atoms with Crippen molar-refractivity contribution >= 4 is 17.9 Å². The molecule has 12 heteroatoms. The molecular formula is C15H17N9O3. The highest BCUT2D eigenvalue weighted by atomic mass is 16.6. The predicted molar refractivity (Wildman–Crippen MR) is 91.1 cm³/mol. The topological polar surface area (TPSA) is 165 Å². The van der Waals surface area contributed by atoms with Crippen molar-refractivity contribution in [1.82, 2.24) is 30.7 Å². The highest BCUT2D eigenvalue weighted by Gasteiger charge is 2.25. The number of nitrogens with zero attached hydrogens (tertiary/aromatic N) is 6. The second-order valence-corrected chi connectivity index (χ2v) is 5.93. The molecule has 4 N–H and O–H groups in total. The van der Waals surface area contributed by atoms with Crippen molar-refractivity contribution in [3.63, 3.8) is 0 Å². The van der Waals surface area contributed by atoms with Gasteiger partial charge in [-0.2, -0.15) is 9.78 Å². The zero-order chi connectivity index (χ0) is 19.4. The number of aromatic nitrogens is 5. The van der Waals surface area contributed by atoms with E-state index >= 15 is 0 Å². The average Bonchev–Trinajstić information content (AvgIpc) is 3.20. The maximum absolute atomic E-state index is 12.5. The van der Waals surface area contributed by atoms with Gasteiger partial charge in [0.25, 0.3) is 5.91 Å². The van der Waals surface area contributed by atoms with Crippen LogP contribution in [0.4, 0.5) is 5.82 Å². The van der Waals surface area contributed by atoms with Crippen LogP contribution in [0.25, 0.3) is 5.82 Å². The first-order valence-corrected chi connectivity index (χ1v) is 7.88. The number of nitrogens with one attached hydrogen (secondary N) is 2. The van der Waals surface area contributed by atoms with Crippen molar-refractivity contribution in [2.45, 2.75) is 6.54 Å². The van der Waals surface area contributed by atoms with Gasteiger partial charge >= 0.3 is 0 Å². The van der Waals surface area contributed by atoms with Crippen molar-refractivity contribution in [3.05, 3.63) is 41.2 Å². The number of carbonyl (C=O) groups is 1. The Hall–Kier alpha value is -3.80. The minimum atomic E-state index is -0.568. The van der Waals surface area contributed by atoms with Crippen LogP contribution in [0.2, 0.25) is 0 Å². The first-order valence-electron chi connectivity index (χ1n) is 7.88. The summed E-state index contributed by atoms with van der Waals surface area (Å²) >= 11 is 0. The van der Waals surface area contributed by atoms with E-state index in [4.69, 9.17) is 5.73 Å². The molecule has 0 fully saturated rings. The van der Waals surface area contributed by atoms with Crippen LogP contribution in [0.5, 0.6) is 5.75 Å². The Kier molecular flexibility index (Phi) is 5.08. The predicted octanol–water partition coefficient (Wildman–Crippen LogP) is -2.29. The molecule has 0 atom stereocenters. The third kappa shape index (κ3) is 4.07. The summed E-state index contributed by atoms with van der Waals surface area (Å²) in [7, 11) is 3.80. The molecule has 1 aromatic carbocycles. The highest BCUT2D eigenvalue weighted by Crippen LogP contribution is 2.15. The lowest BCUT2D eigenvalue weighted by molar-refractivity contribution is -0.873. The van der Waals surface area contributed by atoms with Crippen LogP contribution in [0.15, 0.2) is 34.0 Å². The summed E-state index contributed by atoms with van der Waals surface area (Å²) in [5, 5.41) is 30.2. The Morgan fingerprint density at radius 1 is 1.44 bits per heavy atom. The fraction of sp³-hybridized carbons (Fsp3) is 0.200. The van der Waals surface area contributed by atoms with Gasteiger partial charge in [0.1, 0.15) is 12.2 Å². The van der Waals surface area contributed by atoms with Gasteiger partial charge in [0.2, 0.25) is 11.6 Å². The lowest BCUT2D eigenvalue weighted by Crippen LogP contribution is -3.04. The third-order valence-electron chi connectivity index (χ3n) is 3.43. The van der Waals surface area contributed by atoms with E-state index in [0.717, 1.165) is 4.90 Å². The molecule has 0 saturated carbocycles. The molecule has 0 aliphatic rings. The van der Waals surface area contributed by atoms with Crippen molar-refractivity contribution < 1.29 is 19.4 Å². The van der Waals surface area contributed by atoms with E-state index in [-0.39, 0.29) is 23.1 Å². The van der Waals surface area contributed by atoms with Crippen molar-refractivity contribution in [1.29, 1.82) is 0 Å². The molecule has 0 saturated heterocycles. The average molecular weight is 371 g/mol. The molecule has 3 rings (SSSR count). The Morgan fingerprint density at radius 3 is 2.93 bits per heavy atom. The van der Waals surface area contributed by atoms with E-state index in [9.17, 15) is 9.90 Å². The van der Waals surface area contributed by atoms with Gasteiger partial charge in [-0.05, 0) is 15.9 Å². The Balaban J connectivity index is 1.84. The van der Waals surface area contributed by atoms with Crippen LogP contribution in [-0.2, 0) is 6.54 Å². The number of hydrogen-bond acceptors (Lipinski definition) is 9. The summed E-state index contributed by atoms with van der Waals surface area (Å²) in [6.45, 7) is 0.407. The van der Waals surface area contributed by atoms with Crippen LogP contribution in [0.1, 0.15) is 21.7 Å². The van der Waals surface area contributed by atoms with Gasteiger partial charge in [0.05, 0.1) is 20.3 Å². The van der Waals surface area contributed by atoms with Gasteiger partial charge in [-0.3, -0.25) is 4.79 Å². The summed E-state index contributed by atoms with van der Waals surface area (Å²) in [4.78, 5) is 13.5. The second kappa shape index (κ2) is 7.61. The second-order valence-electron chi connectivity index (χ2n) is 5.93. The van der Waals surface area contributed by atoms with Crippen LogP contribution >= 0.6 is 0 Å². The Labute approximate surface area is 153 Å². The normalized spacial score (nSPS) is 11.4. The number of nitrogen functional groups attached to an aromatic ring is 1. The summed E-state index contributed by atoms with van der Waals surface area (Å²) in [6, 6.07) is 6.11. The SMILES string of the molecule is C[NH+](C)Cc1c(C(=O)NN=Cc2cccc([O-])c2)nnn1-c1nonc1N. The van der Waals surface area contributed by atoms with Crippen LogP contribution in [-0.4, -0.2) is 51.5 Å². The maximum atomic E-state index is 12.5. The summed E-state index contributed by atoms with van der Waals surface area (Å²) in [5.41, 5.74) is 9.16. The van der Waals surface area contributed by atoms with Crippen molar-refractivity contribution in [3.8, 4) is 11.6 Å². The van der Waals surface area contributed by atoms with E-state index in [1.54, 1.807) is 12.1 Å². The minimum Gasteiger partial charge on any atom is -0.872 e. The first kappa shape index (κ1) is 18.0. The van der Waals surface area contributed by atoms with Crippen LogP contribution in [0, 0.1) is 0 Å². The van der Waals surface area contributed by atoms with Crippen molar-refractivity contribution in [2.24, 2.45) is 5.10 Å². The standard InChI is InChI=1S/C15H17N9O3/c1-23(2)8-11-12(18-22-24(11)14-13(16)20-27-21-14)15(26)19-17-7-9-4-3-5-10(25)6-9/h3-7,25H,8H2,1-2H3,(H2,16,20)(H,19,26). The van der Waals surface area contributed by atoms with Crippen molar-refractivity contribution in [2.75, 3.05) is 19.8 Å². The number of hydrazone groups is 1. The van der Waals surface area contributed by atoms with Crippen LogP contribution < -0.4 is 21.2 Å². The van der Waals surface area contributed by atoms with Gasteiger partial charge in [0.15, 0.2) is 5.69 Å². The highest BCUT2D eigenvalue weighted by molar-refractivity contribution is 5.94. The van der Waals surface area contributed by atoms with E-state index in [0.29, 0.717) is 17.8 Å². The fourth-order valence-electron chi connectivity index (χ4n) is 2.29. The first-order chi connectivity index (χ1) is 13.0. The molecule has 2 heterocycles. The molecule has 0 aliphatic carbocycles. The number of benzene rings is 1. The van der Waals surface area contributed by atoms with E-state index in [1.807, 2.05) is 14.1 Å². The number of amides is 1. The lowest BCUT2D eigenvalue weighted by atomic mass is 10.2. The molecule has 0 spiro atoms. The Morgan fingerprint density at radius 2 is 2.26 bits per heavy atom. The van der Waals surface area contributed by atoms with Gasteiger partial charge in [-0.1, -0.05) is 29.5 Å². The number of anilines is 1. The summed E-state index contributed by atoms with van der Waals surface area (Å²) in [6.07, 6.45) is 1.36. The molecule has 0 unspecified atom stereocenters. The molecule has 0 bridgehead atoms. The van der Waals surface area contributed by atoms with E-state index < -0.39 is 5.91 Å². The molecule has 12 nitrogen and oxygen atoms in total. The quantitative estimate of drug-likeness (QED) is 0.322.